The number of hydrogen-bond acceptors (Lipinski definition) is 2. The number of nitrogens with two attached hydrogens (primary N) is 1. The quantitative estimate of drug-likeness (QED) is 0.669. The molecule has 0 spiro atoms. The zero-order valence-corrected chi connectivity index (χ0v) is 10.9. The maximum absolute atomic E-state index is 13.3. The molecule has 2 aromatic carbocycles. The fourth-order valence-electron chi connectivity index (χ4n) is 2.24. The Labute approximate surface area is 119 Å². The van der Waals surface area contributed by atoms with Gasteiger partial charge in [0.2, 0.25) is 0 Å². The molecule has 0 aliphatic carbocycles. The highest BCUT2D eigenvalue weighted by molar-refractivity contribution is 5.88. The number of alkyl halides is 3. The van der Waals surface area contributed by atoms with Gasteiger partial charge in [0.1, 0.15) is 0 Å². The molecule has 0 radical (unpaired) electrons. The summed E-state index contributed by atoms with van der Waals surface area (Å²) in [6, 6.07) is 14.1. The van der Waals surface area contributed by atoms with Crippen LogP contribution >= 0.6 is 0 Å². The predicted octanol–water partition coefficient (Wildman–Crippen LogP) is 4.50. The van der Waals surface area contributed by atoms with E-state index in [2.05, 4.69) is 4.98 Å². The van der Waals surface area contributed by atoms with Crippen LogP contribution in [0.5, 0.6) is 0 Å². The first-order valence-corrected chi connectivity index (χ1v) is 6.28. The van der Waals surface area contributed by atoms with E-state index in [-0.39, 0.29) is 16.6 Å². The lowest BCUT2D eigenvalue weighted by Crippen LogP contribution is -2.07. The minimum Gasteiger partial charge on any atom is -0.399 e. The van der Waals surface area contributed by atoms with Gasteiger partial charge < -0.3 is 5.73 Å². The summed E-state index contributed by atoms with van der Waals surface area (Å²) in [7, 11) is 0. The summed E-state index contributed by atoms with van der Waals surface area (Å²) in [6.45, 7) is 0. The van der Waals surface area contributed by atoms with Crippen molar-refractivity contribution in [2.75, 3.05) is 5.73 Å². The highest BCUT2D eigenvalue weighted by atomic mass is 19.4. The average molecular weight is 288 g/mol. The van der Waals surface area contributed by atoms with Crippen LogP contribution in [0.3, 0.4) is 0 Å². The molecule has 0 bridgehead atoms. The molecule has 106 valence electrons. The molecule has 0 amide bonds. The first-order chi connectivity index (χ1) is 9.95. The molecule has 1 aromatic heterocycles. The highest BCUT2D eigenvalue weighted by Crippen LogP contribution is 2.37. The summed E-state index contributed by atoms with van der Waals surface area (Å²) in [6.07, 6.45) is -4.44. The lowest BCUT2D eigenvalue weighted by molar-refractivity contribution is -0.136. The van der Waals surface area contributed by atoms with Crippen molar-refractivity contribution in [3.05, 3.63) is 60.2 Å². The van der Waals surface area contributed by atoms with Crippen LogP contribution in [-0.2, 0) is 6.18 Å². The van der Waals surface area contributed by atoms with Crippen LogP contribution in [0.1, 0.15) is 5.56 Å². The van der Waals surface area contributed by atoms with Gasteiger partial charge in [-0.05, 0) is 18.2 Å². The van der Waals surface area contributed by atoms with E-state index in [0.717, 1.165) is 6.07 Å². The van der Waals surface area contributed by atoms with Crippen molar-refractivity contribution in [3.63, 3.8) is 0 Å². The number of benzene rings is 2. The van der Waals surface area contributed by atoms with E-state index in [0.29, 0.717) is 11.3 Å². The molecule has 2 nitrogen and oxygen atoms in total. The Bertz CT molecular complexity index is 796. The van der Waals surface area contributed by atoms with Gasteiger partial charge in [0.15, 0.2) is 0 Å². The van der Waals surface area contributed by atoms with Crippen molar-refractivity contribution in [3.8, 4) is 11.3 Å². The van der Waals surface area contributed by atoms with Gasteiger partial charge in [-0.1, -0.05) is 36.4 Å². The van der Waals surface area contributed by atoms with Crippen molar-refractivity contribution >= 4 is 16.6 Å². The average Bonchev–Trinajstić information content (AvgIpc) is 2.45. The summed E-state index contributed by atoms with van der Waals surface area (Å²) in [4.78, 5) is 4.30. The number of halogens is 3. The van der Waals surface area contributed by atoms with Crippen LogP contribution in [-0.4, -0.2) is 4.98 Å². The van der Waals surface area contributed by atoms with Gasteiger partial charge in [0.25, 0.3) is 0 Å². The fourth-order valence-corrected chi connectivity index (χ4v) is 2.24. The van der Waals surface area contributed by atoms with Gasteiger partial charge in [-0.2, -0.15) is 13.2 Å². The molecule has 1 heterocycles. The van der Waals surface area contributed by atoms with Gasteiger partial charge in [0.05, 0.1) is 16.8 Å². The molecule has 0 aliphatic heterocycles. The van der Waals surface area contributed by atoms with Crippen molar-refractivity contribution in [1.82, 2.24) is 4.98 Å². The Morgan fingerprint density at radius 3 is 2.29 bits per heavy atom. The first-order valence-electron chi connectivity index (χ1n) is 6.28. The van der Waals surface area contributed by atoms with Crippen LogP contribution < -0.4 is 5.73 Å². The van der Waals surface area contributed by atoms with Gasteiger partial charge in [-0.3, -0.25) is 0 Å². The molecular weight excluding hydrogens is 277 g/mol. The Morgan fingerprint density at radius 2 is 1.62 bits per heavy atom. The Balaban J connectivity index is 2.33. The standard InChI is InChI=1S/C16H11F3N2/c17-16(18,19)13-9-14(10-4-2-1-3-5-10)21-15-8-11(20)6-7-12(13)15/h1-9H,20H2. The molecule has 0 atom stereocenters. The number of aromatic nitrogens is 1. The Kier molecular flexibility index (Phi) is 3.05. The van der Waals surface area contributed by atoms with Crippen LogP contribution in [0.25, 0.3) is 22.2 Å². The summed E-state index contributed by atoms with van der Waals surface area (Å²) in [5.41, 5.74) is 6.48. The van der Waals surface area contributed by atoms with E-state index < -0.39 is 11.7 Å². The van der Waals surface area contributed by atoms with E-state index in [1.807, 2.05) is 0 Å². The number of fused-ring (bicyclic) bond motifs is 1. The molecule has 0 saturated heterocycles. The third-order valence-corrected chi connectivity index (χ3v) is 3.21. The van der Waals surface area contributed by atoms with Gasteiger partial charge in [-0.25, -0.2) is 4.98 Å². The minimum atomic E-state index is -4.44. The largest absolute Gasteiger partial charge is 0.417 e. The molecule has 0 saturated carbocycles. The van der Waals surface area contributed by atoms with Crippen LogP contribution in [0.2, 0.25) is 0 Å². The number of anilines is 1. The minimum absolute atomic E-state index is 0.0522. The number of rotatable bonds is 1. The summed E-state index contributed by atoms with van der Waals surface area (Å²) in [5.74, 6) is 0. The Hall–Kier alpha value is -2.56. The zero-order chi connectivity index (χ0) is 15.0. The van der Waals surface area contributed by atoms with Gasteiger partial charge in [-0.15, -0.1) is 0 Å². The van der Waals surface area contributed by atoms with E-state index in [4.69, 9.17) is 5.73 Å². The third-order valence-electron chi connectivity index (χ3n) is 3.21. The Morgan fingerprint density at radius 1 is 0.905 bits per heavy atom. The van der Waals surface area contributed by atoms with E-state index in [1.54, 1.807) is 30.3 Å². The SMILES string of the molecule is Nc1ccc2c(C(F)(F)F)cc(-c3ccccc3)nc2c1. The van der Waals surface area contributed by atoms with E-state index in [1.165, 1.54) is 18.2 Å². The highest BCUT2D eigenvalue weighted by Gasteiger charge is 2.33. The number of pyridine rings is 1. The van der Waals surface area contributed by atoms with Crippen molar-refractivity contribution in [2.24, 2.45) is 0 Å². The molecule has 3 rings (SSSR count). The maximum atomic E-state index is 13.3. The maximum Gasteiger partial charge on any atom is 0.417 e. The molecule has 0 fully saturated rings. The number of hydrogen-bond donors (Lipinski definition) is 1. The van der Waals surface area contributed by atoms with E-state index >= 15 is 0 Å². The molecular formula is C16H11F3N2. The smallest absolute Gasteiger partial charge is 0.399 e. The lowest BCUT2D eigenvalue weighted by atomic mass is 10.0. The molecule has 21 heavy (non-hydrogen) atoms. The number of nitrogens with zero attached hydrogens (tertiary/aromatic N) is 1. The zero-order valence-electron chi connectivity index (χ0n) is 10.9. The first kappa shape index (κ1) is 13.4. The second kappa shape index (κ2) is 4.77. The molecule has 2 N–H and O–H groups in total. The lowest BCUT2D eigenvalue weighted by Gasteiger charge is -2.13. The van der Waals surface area contributed by atoms with Crippen LogP contribution in [0.15, 0.2) is 54.6 Å². The van der Waals surface area contributed by atoms with Crippen LogP contribution in [0, 0.1) is 0 Å². The van der Waals surface area contributed by atoms with Gasteiger partial charge in [0, 0.05) is 16.6 Å². The summed E-state index contributed by atoms with van der Waals surface area (Å²) < 4.78 is 39.8. The predicted molar refractivity (Wildman–Crippen MR) is 76.6 cm³/mol. The monoisotopic (exact) mass is 288 g/mol. The second-order valence-corrected chi connectivity index (χ2v) is 4.70. The molecule has 0 aliphatic rings. The summed E-state index contributed by atoms with van der Waals surface area (Å²) >= 11 is 0. The number of nitrogen functional groups attached to an aromatic ring is 1. The van der Waals surface area contributed by atoms with Gasteiger partial charge >= 0.3 is 6.18 Å². The van der Waals surface area contributed by atoms with Crippen molar-refractivity contribution in [1.29, 1.82) is 0 Å². The molecule has 3 aromatic rings. The normalized spacial score (nSPS) is 11.8. The fraction of sp³-hybridized carbons (Fsp3) is 0.0625. The second-order valence-electron chi connectivity index (χ2n) is 4.70. The third kappa shape index (κ3) is 2.54. The topological polar surface area (TPSA) is 38.9 Å². The van der Waals surface area contributed by atoms with Crippen LogP contribution in [0.4, 0.5) is 18.9 Å². The van der Waals surface area contributed by atoms with E-state index in [9.17, 15) is 13.2 Å². The van der Waals surface area contributed by atoms with Crippen molar-refractivity contribution in [2.45, 2.75) is 6.18 Å². The molecule has 0 unspecified atom stereocenters. The van der Waals surface area contributed by atoms with Crippen molar-refractivity contribution < 1.29 is 13.2 Å². The molecule has 5 heteroatoms. The summed E-state index contributed by atoms with van der Waals surface area (Å²) in [5, 5.41) is 0.0522.